The van der Waals surface area contributed by atoms with Crippen molar-refractivity contribution >= 4 is 16.6 Å². The molecule has 0 amide bonds. The van der Waals surface area contributed by atoms with Gasteiger partial charge in [-0.15, -0.1) is 0 Å². The highest BCUT2D eigenvalue weighted by molar-refractivity contribution is 5.86. The van der Waals surface area contributed by atoms with Gasteiger partial charge in [-0.1, -0.05) is 0 Å². The van der Waals surface area contributed by atoms with Crippen molar-refractivity contribution in [2.24, 2.45) is 0 Å². The summed E-state index contributed by atoms with van der Waals surface area (Å²) >= 11 is 0. The molecule has 152 valence electrons. The first-order valence-electron chi connectivity index (χ1n) is 10.4. The SMILES string of the molecule is CC(C)Oc1ncnc2ccc(N3CCN(CCN4CCOCC4)CC3)cc12. The molecule has 0 bridgehead atoms. The van der Waals surface area contributed by atoms with Gasteiger partial charge in [0.1, 0.15) is 6.33 Å². The molecule has 2 saturated heterocycles. The molecular formula is C21H31N5O2. The summed E-state index contributed by atoms with van der Waals surface area (Å²) < 4.78 is 11.3. The van der Waals surface area contributed by atoms with Crippen LogP contribution >= 0.6 is 0 Å². The zero-order valence-corrected chi connectivity index (χ0v) is 17.0. The number of anilines is 1. The summed E-state index contributed by atoms with van der Waals surface area (Å²) in [4.78, 5) is 16.3. The fraction of sp³-hybridized carbons (Fsp3) is 0.619. The molecule has 0 unspecified atom stereocenters. The normalized spacial score (nSPS) is 19.5. The zero-order valence-electron chi connectivity index (χ0n) is 17.0. The fourth-order valence-electron chi connectivity index (χ4n) is 3.87. The van der Waals surface area contributed by atoms with Crippen LogP contribution in [0, 0.1) is 0 Å². The number of hydrogen-bond donors (Lipinski definition) is 0. The number of hydrogen-bond acceptors (Lipinski definition) is 7. The Morgan fingerprint density at radius 3 is 2.39 bits per heavy atom. The minimum absolute atomic E-state index is 0.0942. The molecule has 28 heavy (non-hydrogen) atoms. The van der Waals surface area contributed by atoms with Crippen molar-refractivity contribution in [2.75, 3.05) is 70.5 Å². The number of benzene rings is 1. The van der Waals surface area contributed by atoms with Crippen LogP contribution in [0.3, 0.4) is 0 Å². The standard InChI is InChI=1S/C21H31N5O2/c1-17(2)28-21-19-15-18(3-4-20(19)22-16-23-21)26-9-7-24(8-10-26)5-6-25-11-13-27-14-12-25/h3-4,15-17H,5-14H2,1-2H3. The molecule has 2 aliphatic rings. The van der Waals surface area contributed by atoms with E-state index in [9.17, 15) is 0 Å². The number of piperazine rings is 1. The maximum absolute atomic E-state index is 5.89. The Balaban J connectivity index is 1.36. The summed E-state index contributed by atoms with van der Waals surface area (Å²) in [6.45, 7) is 14.5. The predicted octanol–water partition coefficient (Wildman–Crippen LogP) is 1.87. The van der Waals surface area contributed by atoms with Gasteiger partial charge in [-0.3, -0.25) is 9.80 Å². The van der Waals surface area contributed by atoms with E-state index in [0.29, 0.717) is 5.88 Å². The number of nitrogens with zero attached hydrogens (tertiary/aromatic N) is 5. The van der Waals surface area contributed by atoms with Gasteiger partial charge in [0.2, 0.25) is 5.88 Å². The molecule has 0 spiro atoms. The smallest absolute Gasteiger partial charge is 0.224 e. The Kier molecular flexibility index (Phi) is 6.24. The molecule has 7 nitrogen and oxygen atoms in total. The van der Waals surface area contributed by atoms with Crippen molar-refractivity contribution in [3.05, 3.63) is 24.5 Å². The van der Waals surface area contributed by atoms with E-state index in [2.05, 4.69) is 42.9 Å². The average Bonchev–Trinajstić information content (AvgIpc) is 2.73. The summed E-state index contributed by atoms with van der Waals surface area (Å²) in [7, 11) is 0. The highest BCUT2D eigenvalue weighted by atomic mass is 16.5. The quantitative estimate of drug-likeness (QED) is 0.752. The van der Waals surface area contributed by atoms with Crippen LogP contribution in [-0.4, -0.2) is 91.4 Å². The number of morpholine rings is 1. The molecule has 0 radical (unpaired) electrons. The molecule has 1 aromatic carbocycles. The number of rotatable bonds is 6. The van der Waals surface area contributed by atoms with Gasteiger partial charge in [-0.25, -0.2) is 9.97 Å². The minimum atomic E-state index is 0.0942. The molecule has 2 aliphatic heterocycles. The van der Waals surface area contributed by atoms with Crippen LogP contribution in [0.4, 0.5) is 5.69 Å². The summed E-state index contributed by atoms with van der Waals surface area (Å²) in [6, 6.07) is 6.42. The van der Waals surface area contributed by atoms with Crippen LogP contribution in [-0.2, 0) is 4.74 Å². The van der Waals surface area contributed by atoms with Gasteiger partial charge in [0.15, 0.2) is 0 Å². The molecule has 7 heteroatoms. The Morgan fingerprint density at radius 1 is 0.964 bits per heavy atom. The van der Waals surface area contributed by atoms with E-state index >= 15 is 0 Å². The first-order chi connectivity index (χ1) is 13.7. The van der Waals surface area contributed by atoms with Crippen molar-refractivity contribution in [1.29, 1.82) is 0 Å². The third-order valence-corrected chi connectivity index (χ3v) is 5.50. The molecule has 0 N–H and O–H groups in total. The molecule has 4 rings (SSSR count). The van der Waals surface area contributed by atoms with Gasteiger partial charge in [0, 0.05) is 58.0 Å². The van der Waals surface area contributed by atoms with Crippen molar-refractivity contribution in [2.45, 2.75) is 20.0 Å². The van der Waals surface area contributed by atoms with Crippen LogP contribution < -0.4 is 9.64 Å². The first kappa shape index (κ1) is 19.4. The molecule has 2 aromatic rings. The molecule has 0 saturated carbocycles. The van der Waals surface area contributed by atoms with E-state index in [-0.39, 0.29) is 6.10 Å². The largest absolute Gasteiger partial charge is 0.474 e. The van der Waals surface area contributed by atoms with Crippen molar-refractivity contribution in [1.82, 2.24) is 19.8 Å². The molecule has 0 aliphatic carbocycles. The summed E-state index contributed by atoms with van der Waals surface area (Å²) in [5, 5.41) is 0.989. The van der Waals surface area contributed by atoms with E-state index in [4.69, 9.17) is 9.47 Å². The van der Waals surface area contributed by atoms with Crippen LogP contribution in [0.5, 0.6) is 5.88 Å². The maximum Gasteiger partial charge on any atom is 0.224 e. The Morgan fingerprint density at radius 2 is 1.68 bits per heavy atom. The molecule has 2 fully saturated rings. The Bertz CT molecular complexity index is 770. The summed E-state index contributed by atoms with van der Waals surface area (Å²) in [5.41, 5.74) is 2.15. The number of ether oxygens (including phenoxy) is 2. The maximum atomic E-state index is 5.89. The van der Waals surface area contributed by atoms with Crippen molar-refractivity contribution in [3.8, 4) is 5.88 Å². The topological polar surface area (TPSA) is 54.0 Å². The van der Waals surface area contributed by atoms with Gasteiger partial charge in [0.05, 0.1) is 30.2 Å². The lowest BCUT2D eigenvalue weighted by Crippen LogP contribution is -2.49. The monoisotopic (exact) mass is 385 g/mol. The second-order valence-corrected chi connectivity index (χ2v) is 7.83. The van der Waals surface area contributed by atoms with Gasteiger partial charge in [-0.2, -0.15) is 0 Å². The lowest BCUT2D eigenvalue weighted by molar-refractivity contribution is 0.0331. The van der Waals surface area contributed by atoms with E-state index in [1.807, 2.05) is 13.8 Å². The van der Waals surface area contributed by atoms with E-state index in [1.54, 1.807) is 6.33 Å². The second kappa shape index (κ2) is 9.03. The third-order valence-electron chi connectivity index (χ3n) is 5.50. The molecule has 1 aromatic heterocycles. The van der Waals surface area contributed by atoms with Gasteiger partial charge >= 0.3 is 0 Å². The third kappa shape index (κ3) is 4.71. The highest BCUT2D eigenvalue weighted by Crippen LogP contribution is 2.27. The first-order valence-corrected chi connectivity index (χ1v) is 10.4. The Labute approximate surface area is 167 Å². The van der Waals surface area contributed by atoms with E-state index in [1.165, 1.54) is 5.69 Å². The van der Waals surface area contributed by atoms with Crippen LogP contribution in [0.15, 0.2) is 24.5 Å². The van der Waals surface area contributed by atoms with E-state index < -0.39 is 0 Å². The highest BCUT2D eigenvalue weighted by Gasteiger charge is 2.19. The fourth-order valence-corrected chi connectivity index (χ4v) is 3.87. The molecule has 3 heterocycles. The predicted molar refractivity (Wildman–Crippen MR) is 111 cm³/mol. The van der Waals surface area contributed by atoms with Crippen LogP contribution in [0.25, 0.3) is 10.9 Å². The lowest BCUT2D eigenvalue weighted by atomic mass is 10.2. The van der Waals surface area contributed by atoms with Gasteiger partial charge < -0.3 is 14.4 Å². The molecular weight excluding hydrogens is 354 g/mol. The molecule has 0 atom stereocenters. The van der Waals surface area contributed by atoms with Crippen molar-refractivity contribution < 1.29 is 9.47 Å². The number of fused-ring (bicyclic) bond motifs is 1. The zero-order chi connectivity index (χ0) is 19.3. The van der Waals surface area contributed by atoms with Crippen LogP contribution in [0.1, 0.15) is 13.8 Å². The average molecular weight is 386 g/mol. The summed E-state index contributed by atoms with van der Waals surface area (Å²) in [6.07, 6.45) is 1.67. The van der Waals surface area contributed by atoms with Crippen LogP contribution in [0.2, 0.25) is 0 Å². The summed E-state index contributed by atoms with van der Waals surface area (Å²) in [5.74, 6) is 0.672. The number of aromatic nitrogens is 2. The van der Waals surface area contributed by atoms with Gasteiger partial charge in [0.25, 0.3) is 0 Å². The second-order valence-electron chi connectivity index (χ2n) is 7.83. The van der Waals surface area contributed by atoms with Gasteiger partial charge in [-0.05, 0) is 32.0 Å². The lowest BCUT2D eigenvalue weighted by Gasteiger charge is -2.37. The minimum Gasteiger partial charge on any atom is -0.474 e. The van der Waals surface area contributed by atoms with E-state index in [0.717, 1.165) is 76.5 Å². The Hall–Kier alpha value is -1.96. The van der Waals surface area contributed by atoms with Crippen molar-refractivity contribution in [3.63, 3.8) is 0 Å².